The zero-order valence-electron chi connectivity index (χ0n) is 13.6. The van der Waals surface area contributed by atoms with Crippen LogP contribution in [0.2, 0.25) is 0 Å². The molecule has 0 aromatic carbocycles. The lowest BCUT2D eigenvalue weighted by atomic mass is 9.64. The predicted molar refractivity (Wildman–Crippen MR) is 83.4 cm³/mol. The fourth-order valence-corrected chi connectivity index (χ4v) is 4.81. The molecule has 6 unspecified atom stereocenters. The van der Waals surface area contributed by atoms with Gasteiger partial charge in [0.15, 0.2) is 0 Å². The summed E-state index contributed by atoms with van der Waals surface area (Å²) < 4.78 is 0. The standard InChI is InChI=1S/C18H34O2/c1-4-5-16(14-6-8-17(19)12(2)10-14)15-7-9-18(20)13(3)11-15/h12-20H,4-11H2,1-3H3. The zero-order valence-corrected chi connectivity index (χ0v) is 13.6. The first-order valence-electron chi connectivity index (χ1n) is 8.89. The van der Waals surface area contributed by atoms with Gasteiger partial charge in [0.2, 0.25) is 0 Å². The van der Waals surface area contributed by atoms with Gasteiger partial charge in [0.1, 0.15) is 0 Å². The fraction of sp³-hybridized carbons (Fsp3) is 1.00. The van der Waals surface area contributed by atoms with E-state index in [2.05, 4.69) is 20.8 Å². The van der Waals surface area contributed by atoms with Crippen molar-refractivity contribution in [2.45, 2.75) is 84.3 Å². The lowest BCUT2D eigenvalue weighted by molar-refractivity contribution is -0.000261. The van der Waals surface area contributed by atoms with Crippen molar-refractivity contribution >= 4 is 0 Å². The van der Waals surface area contributed by atoms with Crippen LogP contribution in [-0.2, 0) is 0 Å². The van der Waals surface area contributed by atoms with Crippen molar-refractivity contribution in [3.63, 3.8) is 0 Å². The largest absolute Gasteiger partial charge is 0.393 e. The molecule has 2 rings (SSSR count). The van der Waals surface area contributed by atoms with Crippen LogP contribution in [0.5, 0.6) is 0 Å². The molecule has 2 N–H and O–H groups in total. The maximum Gasteiger partial charge on any atom is 0.0566 e. The molecule has 0 aliphatic heterocycles. The molecule has 0 aromatic rings. The number of rotatable bonds is 4. The molecule has 0 bridgehead atoms. The molecule has 2 saturated carbocycles. The SMILES string of the molecule is CCCC(C1CCC(O)C(C)C1)C1CCC(O)C(C)C1. The summed E-state index contributed by atoms with van der Waals surface area (Å²) in [6.07, 6.45) is 9.30. The molecule has 0 heterocycles. The Hall–Kier alpha value is -0.0800. The van der Waals surface area contributed by atoms with E-state index >= 15 is 0 Å². The maximum atomic E-state index is 9.96. The minimum absolute atomic E-state index is 0.0689. The second-order valence-electron chi connectivity index (χ2n) is 7.69. The summed E-state index contributed by atoms with van der Waals surface area (Å²) in [5.74, 6) is 3.38. The third kappa shape index (κ3) is 3.76. The molecule has 0 aromatic heterocycles. The monoisotopic (exact) mass is 282 g/mol. The van der Waals surface area contributed by atoms with E-state index in [1.54, 1.807) is 0 Å². The van der Waals surface area contributed by atoms with E-state index in [0.29, 0.717) is 11.8 Å². The maximum absolute atomic E-state index is 9.96. The van der Waals surface area contributed by atoms with E-state index in [1.165, 1.54) is 38.5 Å². The Labute approximate surface area is 125 Å². The van der Waals surface area contributed by atoms with Crippen LogP contribution in [0.25, 0.3) is 0 Å². The van der Waals surface area contributed by atoms with E-state index < -0.39 is 0 Å². The Morgan fingerprint density at radius 2 is 1.30 bits per heavy atom. The summed E-state index contributed by atoms with van der Waals surface area (Å²) >= 11 is 0. The predicted octanol–water partition coefficient (Wildman–Crippen LogP) is 4.00. The van der Waals surface area contributed by atoms with E-state index in [-0.39, 0.29) is 12.2 Å². The van der Waals surface area contributed by atoms with Crippen molar-refractivity contribution in [1.29, 1.82) is 0 Å². The highest BCUT2D eigenvalue weighted by atomic mass is 16.3. The molecule has 2 nitrogen and oxygen atoms in total. The summed E-state index contributed by atoms with van der Waals surface area (Å²) in [7, 11) is 0. The first kappa shape index (κ1) is 16.3. The molecule has 2 heteroatoms. The van der Waals surface area contributed by atoms with Gasteiger partial charge in [-0.15, -0.1) is 0 Å². The van der Waals surface area contributed by atoms with Gasteiger partial charge in [-0.3, -0.25) is 0 Å². The van der Waals surface area contributed by atoms with Crippen LogP contribution in [0.3, 0.4) is 0 Å². The third-order valence-corrected chi connectivity index (χ3v) is 6.16. The molecule has 0 amide bonds. The van der Waals surface area contributed by atoms with Crippen molar-refractivity contribution < 1.29 is 10.2 Å². The number of aliphatic hydroxyl groups is 2. The molecule has 0 saturated heterocycles. The Balaban J connectivity index is 1.99. The molecule has 6 atom stereocenters. The normalized spacial score (nSPS) is 44.2. The average Bonchev–Trinajstić information content (AvgIpc) is 2.43. The van der Waals surface area contributed by atoms with Gasteiger partial charge in [-0.2, -0.15) is 0 Å². The van der Waals surface area contributed by atoms with Gasteiger partial charge in [0.25, 0.3) is 0 Å². The van der Waals surface area contributed by atoms with E-state index in [9.17, 15) is 10.2 Å². The second-order valence-corrected chi connectivity index (χ2v) is 7.69. The van der Waals surface area contributed by atoms with Crippen LogP contribution < -0.4 is 0 Å². The van der Waals surface area contributed by atoms with E-state index in [1.807, 2.05) is 0 Å². The van der Waals surface area contributed by atoms with Crippen LogP contribution in [0.4, 0.5) is 0 Å². The van der Waals surface area contributed by atoms with Gasteiger partial charge in [-0.1, -0.05) is 33.6 Å². The smallest absolute Gasteiger partial charge is 0.0566 e. The van der Waals surface area contributed by atoms with Crippen molar-refractivity contribution in [3.05, 3.63) is 0 Å². The van der Waals surface area contributed by atoms with Crippen LogP contribution in [0, 0.1) is 29.6 Å². The molecule has 2 aliphatic rings. The number of hydrogen-bond acceptors (Lipinski definition) is 2. The minimum atomic E-state index is -0.0689. The first-order valence-corrected chi connectivity index (χ1v) is 8.89. The quantitative estimate of drug-likeness (QED) is 0.818. The van der Waals surface area contributed by atoms with Crippen molar-refractivity contribution in [2.24, 2.45) is 29.6 Å². The van der Waals surface area contributed by atoms with Crippen molar-refractivity contribution in [3.8, 4) is 0 Å². The lowest BCUT2D eigenvalue weighted by Crippen LogP contribution is -2.37. The molecule has 20 heavy (non-hydrogen) atoms. The Kier molecular flexibility index (Phi) is 5.92. The zero-order chi connectivity index (χ0) is 14.7. The summed E-state index contributed by atoms with van der Waals surface area (Å²) in [5.41, 5.74) is 0. The summed E-state index contributed by atoms with van der Waals surface area (Å²) in [6.45, 7) is 6.73. The molecular weight excluding hydrogens is 248 g/mol. The van der Waals surface area contributed by atoms with E-state index in [4.69, 9.17) is 0 Å². The average molecular weight is 282 g/mol. The third-order valence-electron chi connectivity index (χ3n) is 6.16. The Morgan fingerprint density at radius 3 is 1.65 bits per heavy atom. The van der Waals surface area contributed by atoms with Crippen LogP contribution in [0.1, 0.15) is 72.1 Å². The topological polar surface area (TPSA) is 40.5 Å². The summed E-state index contributed by atoms with van der Waals surface area (Å²) in [5, 5.41) is 19.9. The molecular formula is C18H34O2. The summed E-state index contributed by atoms with van der Waals surface area (Å²) in [4.78, 5) is 0. The van der Waals surface area contributed by atoms with Gasteiger partial charge in [0, 0.05) is 0 Å². The fourth-order valence-electron chi connectivity index (χ4n) is 4.81. The van der Waals surface area contributed by atoms with Crippen LogP contribution in [-0.4, -0.2) is 22.4 Å². The van der Waals surface area contributed by atoms with Gasteiger partial charge < -0.3 is 10.2 Å². The summed E-state index contributed by atoms with van der Waals surface area (Å²) in [6, 6.07) is 0. The first-order chi connectivity index (χ1) is 9.52. The van der Waals surface area contributed by atoms with Crippen LogP contribution in [0.15, 0.2) is 0 Å². The number of aliphatic hydroxyl groups excluding tert-OH is 2. The highest BCUT2D eigenvalue weighted by molar-refractivity contribution is 4.88. The van der Waals surface area contributed by atoms with Crippen molar-refractivity contribution in [2.75, 3.05) is 0 Å². The Bertz CT molecular complexity index is 265. The second kappa shape index (κ2) is 7.26. The molecule has 0 radical (unpaired) electrons. The highest BCUT2D eigenvalue weighted by Crippen LogP contribution is 2.44. The van der Waals surface area contributed by atoms with Gasteiger partial charge in [0.05, 0.1) is 12.2 Å². The number of hydrogen-bond donors (Lipinski definition) is 2. The minimum Gasteiger partial charge on any atom is -0.393 e. The highest BCUT2D eigenvalue weighted by Gasteiger charge is 2.37. The molecule has 118 valence electrons. The van der Waals surface area contributed by atoms with Gasteiger partial charge in [-0.05, 0) is 68.1 Å². The van der Waals surface area contributed by atoms with E-state index in [0.717, 1.165) is 30.6 Å². The Morgan fingerprint density at radius 1 is 0.850 bits per heavy atom. The molecule has 2 fully saturated rings. The van der Waals surface area contributed by atoms with Gasteiger partial charge in [-0.25, -0.2) is 0 Å². The van der Waals surface area contributed by atoms with Gasteiger partial charge >= 0.3 is 0 Å². The van der Waals surface area contributed by atoms with Crippen molar-refractivity contribution in [1.82, 2.24) is 0 Å². The molecule has 0 spiro atoms. The van der Waals surface area contributed by atoms with Crippen LogP contribution >= 0.6 is 0 Å². The molecule has 2 aliphatic carbocycles. The lowest BCUT2D eigenvalue weighted by Gasteiger charge is -2.43.